The van der Waals surface area contributed by atoms with Gasteiger partial charge >= 0.3 is 0 Å². The minimum absolute atomic E-state index is 0.221. The van der Waals surface area contributed by atoms with Crippen molar-refractivity contribution in [1.82, 2.24) is 9.55 Å². The Morgan fingerprint density at radius 3 is 2.54 bits per heavy atom. The number of nitrogens with zero attached hydrogens (tertiary/aromatic N) is 3. The van der Waals surface area contributed by atoms with Crippen LogP contribution in [0, 0.1) is 11.3 Å². The standard InChI is InChI=1S/C23H14ClN3O/c24-19-7-3-6-16(11-19)18-12-22(21-9-2-1-5-17(21)13-25)23(28)27(15-18)20-8-4-10-26-14-20/h1-12,14-15H. The zero-order chi connectivity index (χ0) is 19.5. The van der Waals surface area contributed by atoms with E-state index in [0.717, 1.165) is 11.1 Å². The summed E-state index contributed by atoms with van der Waals surface area (Å²) in [6.45, 7) is 0. The fourth-order valence-electron chi connectivity index (χ4n) is 3.10. The van der Waals surface area contributed by atoms with Gasteiger partial charge in [-0.05, 0) is 47.5 Å². The Morgan fingerprint density at radius 1 is 0.929 bits per heavy atom. The number of hydrogen-bond acceptors (Lipinski definition) is 3. The van der Waals surface area contributed by atoms with Crippen molar-refractivity contribution >= 4 is 11.6 Å². The molecule has 4 rings (SSSR count). The van der Waals surface area contributed by atoms with E-state index in [1.54, 1.807) is 59.6 Å². The van der Waals surface area contributed by atoms with Crippen LogP contribution in [-0.4, -0.2) is 9.55 Å². The van der Waals surface area contributed by atoms with E-state index in [0.29, 0.717) is 27.4 Å². The Hall–Kier alpha value is -3.68. The number of aromatic nitrogens is 2. The topological polar surface area (TPSA) is 58.7 Å². The van der Waals surface area contributed by atoms with Crippen LogP contribution in [0.15, 0.2) is 90.1 Å². The summed E-state index contributed by atoms with van der Waals surface area (Å²) < 4.78 is 1.55. The maximum atomic E-state index is 13.3. The van der Waals surface area contributed by atoms with E-state index in [4.69, 9.17) is 11.6 Å². The molecule has 0 radical (unpaired) electrons. The second kappa shape index (κ2) is 7.51. The molecule has 0 aliphatic heterocycles. The summed E-state index contributed by atoms with van der Waals surface area (Å²) in [5.41, 5.74) is 3.60. The van der Waals surface area contributed by atoms with E-state index in [9.17, 15) is 10.1 Å². The summed E-state index contributed by atoms with van der Waals surface area (Å²) >= 11 is 6.17. The highest BCUT2D eigenvalue weighted by atomic mass is 35.5. The van der Waals surface area contributed by atoms with Gasteiger partial charge in [0.2, 0.25) is 0 Å². The van der Waals surface area contributed by atoms with Crippen molar-refractivity contribution in [2.24, 2.45) is 0 Å². The van der Waals surface area contributed by atoms with Gasteiger partial charge in [-0.2, -0.15) is 5.26 Å². The number of rotatable bonds is 3. The molecule has 0 saturated carbocycles. The van der Waals surface area contributed by atoms with Crippen molar-refractivity contribution < 1.29 is 0 Å². The molecule has 0 fully saturated rings. The van der Waals surface area contributed by atoms with E-state index < -0.39 is 0 Å². The van der Waals surface area contributed by atoms with Crippen LogP contribution in [0.1, 0.15) is 5.56 Å². The van der Waals surface area contributed by atoms with Gasteiger partial charge in [0, 0.05) is 28.5 Å². The number of halogens is 1. The molecule has 0 aliphatic carbocycles. The molecule has 0 unspecified atom stereocenters. The average Bonchev–Trinajstić information content (AvgIpc) is 2.74. The van der Waals surface area contributed by atoms with E-state index in [1.165, 1.54) is 0 Å². The highest BCUT2D eigenvalue weighted by Crippen LogP contribution is 2.28. The molecule has 0 N–H and O–H groups in total. The lowest BCUT2D eigenvalue weighted by Gasteiger charge is -2.13. The second-order valence-corrected chi connectivity index (χ2v) is 6.63. The van der Waals surface area contributed by atoms with Crippen molar-refractivity contribution in [1.29, 1.82) is 5.26 Å². The molecule has 28 heavy (non-hydrogen) atoms. The summed E-state index contributed by atoms with van der Waals surface area (Å²) in [4.78, 5) is 17.4. The Labute approximate surface area is 166 Å². The zero-order valence-corrected chi connectivity index (χ0v) is 15.5. The molecule has 2 aromatic heterocycles. The first-order chi connectivity index (χ1) is 13.7. The number of hydrogen-bond donors (Lipinski definition) is 0. The summed E-state index contributed by atoms with van der Waals surface area (Å²) in [6, 6.07) is 22.1. The molecule has 0 amide bonds. The Morgan fingerprint density at radius 2 is 1.79 bits per heavy atom. The Kier molecular flexibility index (Phi) is 4.76. The Bertz CT molecular complexity index is 1260. The molecule has 2 aromatic carbocycles. The lowest BCUT2D eigenvalue weighted by Crippen LogP contribution is -2.20. The minimum Gasteiger partial charge on any atom is -0.282 e. The molecule has 2 heterocycles. The predicted octanol–water partition coefficient (Wildman–Crippen LogP) is 5.09. The summed E-state index contributed by atoms with van der Waals surface area (Å²) in [7, 11) is 0. The molecule has 0 bridgehead atoms. The molecule has 134 valence electrons. The van der Waals surface area contributed by atoms with Crippen LogP contribution in [0.4, 0.5) is 0 Å². The van der Waals surface area contributed by atoms with Crippen molar-refractivity contribution in [2.75, 3.05) is 0 Å². The van der Waals surface area contributed by atoms with E-state index in [2.05, 4.69) is 11.1 Å². The largest absolute Gasteiger partial charge is 0.282 e. The van der Waals surface area contributed by atoms with Crippen molar-refractivity contribution in [2.45, 2.75) is 0 Å². The van der Waals surface area contributed by atoms with E-state index in [1.807, 2.05) is 30.3 Å². The Balaban J connectivity index is 2.05. The second-order valence-electron chi connectivity index (χ2n) is 6.20. The maximum absolute atomic E-state index is 13.3. The maximum Gasteiger partial charge on any atom is 0.263 e. The van der Waals surface area contributed by atoms with Crippen molar-refractivity contribution in [3.8, 4) is 34.0 Å². The molecule has 0 spiro atoms. The molecule has 0 aliphatic rings. The summed E-state index contributed by atoms with van der Waals surface area (Å²) in [5.74, 6) is 0. The zero-order valence-electron chi connectivity index (χ0n) is 14.7. The third kappa shape index (κ3) is 3.32. The van der Waals surface area contributed by atoms with Gasteiger partial charge in [-0.15, -0.1) is 0 Å². The average molecular weight is 384 g/mol. The highest BCUT2D eigenvalue weighted by Gasteiger charge is 2.14. The van der Waals surface area contributed by atoms with Crippen LogP contribution in [-0.2, 0) is 0 Å². The molecule has 5 heteroatoms. The first-order valence-corrected chi connectivity index (χ1v) is 8.98. The fraction of sp³-hybridized carbons (Fsp3) is 0. The molecular weight excluding hydrogens is 370 g/mol. The van der Waals surface area contributed by atoms with Crippen LogP contribution >= 0.6 is 11.6 Å². The van der Waals surface area contributed by atoms with Crippen molar-refractivity contribution in [3.05, 3.63) is 106 Å². The normalized spacial score (nSPS) is 10.4. The number of pyridine rings is 2. The monoisotopic (exact) mass is 383 g/mol. The number of benzene rings is 2. The quantitative estimate of drug-likeness (QED) is 0.495. The lowest BCUT2D eigenvalue weighted by molar-refractivity contribution is 0.983. The lowest BCUT2D eigenvalue weighted by atomic mass is 9.98. The first-order valence-electron chi connectivity index (χ1n) is 8.60. The van der Waals surface area contributed by atoms with Crippen molar-refractivity contribution in [3.63, 3.8) is 0 Å². The highest BCUT2D eigenvalue weighted by molar-refractivity contribution is 6.30. The van der Waals surface area contributed by atoms with Crippen LogP contribution in [0.25, 0.3) is 27.9 Å². The van der Waals surface area contributed by atoms with Gasteiger partial charge in [-0.25, -0.2) is 0 Å². The van der Waals surface area contributed by atoms with E-state index >= 15 is 0 Å². The van der Waals surface area contributed by atoms with Gasteiger partial charge < -0.3 is 0 Å². The van der Waals surface area contributed by atoms with Crippen LogP contribution in [0.2, 0.25) is 5.02 Å². The molecule has 0 atom stereocenters. The molecule has 0 saturated heterocycles. The predicted molar refractivity (Wildman–Crippen MR) is 110 cm³/mol. The van der Waals surface area contributed by atoms with Gasteiger partial charge in [-0.3, -0.25) is 14.3 Å². The van der Waals surface area contributed by atoms with E-state index in [-0.39, 0.29) is 5.56 Å². The minimum atomic E-state index is -0.221. The van der Waals surface area contributed by atoms with Gasteiger partial charge in [-0.1, -0.05) is 41.9 Å². The summed E-state index contributed by atoms with van der Waals surface area (Å²) in [6.07, 6.45) is 5.05. The summed E-state index contributed by atoms with van der Waals surface area (Å²) in [5, 5.41) is 10.1. The van der Waals surface area contributed by atoms with Gasteiger partial charge in [0.05, 0.1) is 23.5 Å². The third-order valence-corrected chi connectivity index (χ3v) is 4.67. The van der Waals surface area contributed by atoms with Crippen LogP contribution < -0.4 is 5.56 Å². The van der Waals surface area contributed by atoms with Gasteiger partial charge in [0.15, 0.2) is 0 Å². The van der Waals surface area contributed by atoms with Crippen LogP contribution in [0.3, 0.4) is 0 Å². The SMILES string of the molecule is N#Cc1ccccc1-c1cc(-c2cccc(Cl)c2)cn(-c2cccnc2)c1=O. The van der Waals surface area contributed by atoms with Crippen LogP contribution in [0.5, 0.6) is 0 Å². The molecular formula is C23H14ClN3O. The fourth-order valence-corrected chi connectivity index (χ4v) is 3.29. The molecule has 4 nitrogen and oxygen atoms in total. The molecule has 4 aromatic rings. The van der Waals surface area contributed by atoms with Gasteiger partial charge in [0.1, 0.15) is 0 Å². The smallest absolute Gasteiger partial charge is 0.263 e. The van der Waals surface area contributed by atoms with Gasteiger partial charge in [0.25, 0.3) is 5.56 Å². The first kappa shape index (κ1) is 17.7. The number of nitriles is 1. The third-order valence-electron chi connectivity index (χ3n) is 4.44.